The number of amides is 2. The Hall–Kier alpha value is -2.96. The van der Waals surface area contributed by atoms with Gasteiger partial charge in [0.2, 0.25) is 5.91 Å². The average Bonchev–Trinajstić information content (AvgIpc) is 2.52. The number of benzene rings is 1. The molecule has 120 valence electrons. The molecule has 1 aromatic heterocycles. The Morgan fingerprint density at radius 1 is 1.22 bits per heavy atom. The highest BCUT2D eigenvalue weighted by Gasteiger charge is 2.19. The number of carbonyl (C=O) groups is 3. The van der Waals surface area contributed by atoms with Gasteiger partial charge in [0.15, 0.2) is 6.61 Å². The van der Waals surface area contributed by atoms with Crippen LogP contribution in [0.2, 0.25) is 0 Å². The lowest BCUT2D eigenvalue weighted by atomic mass is 10.1. The van der Waals surface area contributed by atoms with Crippen LogP contribution in [0.3, 0.4) is 0 Å². The topological polar surface area (TPSA) is 111 Å². The lowest BCUT2D eigenvalue weighted by molar-refractivity contribution is -0.146. The van der Waals surface area contributed by atoms with Gasteiger partial charge in [-0.1, -0.05) is 24.3 Å². The highest BCUT2D eigenvalue weighted by atomic mass is 16.5. The molecule has 1 atom stereocenters. The molecule has 0 saturated heterocycles. The number of ether oxygens (including phenoxy) is 1. The molecule has 0 bridgehead atoms. The number of para-hydroxylation sites is 1. The molecule has 7 nitrogen and oxygen atoms in total. The second kappa shape index (κ2) is 7.35. The van der Waals surface area contributed by atoms with Gasteiger partial charge in [-0.3, -0.25) is 19.4 Å². The second-order valence-corrected chi connectivity index (χ2v) is 5.00. The molecular formula is C16H17N3O4. The van der Waals surface area contributed by atoms with Crippen molar-refractivity contribution < 1.29 is 19.1 Å². The van der Waals surface area contributed by atoms with Crippen molar-refractivity contribution in [2.24, 2.45) is 5.73 Å². The third-order valence-corrected chi connectivity index (χ3v) is 3.15. The van der Waals surface area contributed by atoms with Crippen LogP contribution in [0.25, 0.3) is 10.9 Å². The fourth-order valence-corrected chi connectivity index (χ4v) is 2.06. The van der Waals surface area contributed by atoms with Crippen molar-refractivity contribution in [3.8, 4) is 0 Å². The monoisotopic (exact) mass is 315 g/mol. The molecule has 0 aliphatic carbocycles. The maximum atomic E-state index is 11.6. The molecule has 1 heterocycles. The summed E-state index contributed by atoms with van der Waals surface area (Å²) in [5.41, 5.74) is 6.73. The van der Waals surface area contributed by atoms with Gasteiger partial charge in [0, 0.05) is 24.4 Å². The van der Waals surface area contributed by atoms with E-state index in [2.05, 4.69) is 15.0 Å². The van der Waals surface area contributed by atoms with Gasteiger partial charge in [0.1, 0.15) is 6.04 Å². The molecule has 2 aromatic rings. The normalized spacial score (nSPS) is 11.7. The predicted octanol–water partition coefficient (Wildman–Crippen LogP) is 0.310. The molecule has 0 aliphatic rings. The molecule has 7 heteroatoms. The van der Waals surface area contributed by atoms with E-state index in [1.54, 1.807) is 6.07 Å². The van der Waals surface area contributed by atoms with Crippen molar-refractivity contribution in [2.75, 3.05) is 6.61 Å². The molecular weight excluding hydrogens is 298 g/mol. The van der Waals surface area contributed by atoms with Crippen LogP contribution in [0.5, 0.6) is 0 Å². The van der Waals surface area contributed by atoms with Crippen molar-refractivity contribution in [3.05, 3.63) is 42.1 Å². The molecule has 2 amide bonds. The number of primary amides is 1. The Morgan fingerprint density at radius 2 is 1.96 bits per heavy atom. The van der Waals surface area contributed by atoms with E-state index >= 15 is 0 Å². The Balaban J connectivity index is 2.07. The Morgan fingerprint density at radius 3 is 2.65 bits per heavy atom. The SMILES string of the molecule is CC(=O)OCC(=O)N[C@H](Cc1ccc2ccccc2n1)C(N)=O. The van der Waals surface area contributed by atoms with E-state index in [0.717, 1.165) is 10.9 Å². The van der Waals surface area contributed by atoms with Gasteiger partial charge in [-0.15, -0.1) is 0 Å². The van der Waals surface area contributed by atoms with Gasteiger partial charge in [-0.25, -0.2) is 0 Å². The van der Waals surface area contributed by atoms with Crippen molar-refractivity contribution in [3.63, 3.8) is 0 Å². The smallest absolute Gasteiger partial charge is 0.303 e. The van der Waals surface area contributed by atoms with E-state index < -0.39 is 30.4 Å². The summed E-state index contributed by atoms with van der Waals surface area (Å²) in [5.74, 6) is -1.85. The number of carbonyl (C=O) groups excluding carboxylic acids is 3. The lowest BCUT2D eigenvalue weighted by Gasteiger charge is -2.15. The van der Waals surface area contributed by atoms with E-state index in [4.69, 9.17) is 5.73 Å². The number of nitrogens with zero attached hydrogens (tertiary/aromatic N) is 1. The van der Waals surface area contributed by atoms with E-state index in [1.807, 2.05) is 30.3 Å². The molecule has 23 heavy (non-hydrogen) atoms. The first kappa shape index (κ1) is 16.4. The molecule has 2 rings (SSSR count). The van der Waals surface area contributed by atoms with Gasteiger partial charge in [0.25, 0.3) is 5.91 Å². The van der Waals surface area contributed by atoms with Crippen LogP contribution in [0.1, 0.15) is 12.6 Å². The largest absolute Gasteiger partial charge is 0.456 e. The fraction of sp³-hybridized carbons (Fsp3) is 0.250. The van der Waals surface area contributed by atoms with Crippen molar-refractivity contribution in [1.29, 1.82) is 0 Å². The summed E-state index contributed by atoms with van der Waals surface area (Å²) < 4.78 is 4.57. The zero-order chi connectivity index (χ0) is 16.8. The first-order valence-electron chi connectivity index (χ1n) is 7.02. The Bertz CT molecular complexity index is 745. The summed E-state index contributed by atoms with van der Waals surface area (Å²) in [6.45, 7) is 0.738. The van der Waals surface area contributed by atoms with Crippen LogP contribution >= 0.6 is 0 Å². The van der Waals surface area contributed by atoms with E-state index in [9.17, 15) is 14.4 Å². The average molecular weight is 315 g/mol. The molecule has 1 aromatic carbocycles. The third-order valence-electron chi connectivity index (χ3n) is 3.15. The highest BCUT2D eigenvalue weighted by Crippen LogP contribution is 2.12. The maximum Gasteiger partial charge on any atom is 0.303 e. The fourth-order valence-electron chi connectivity index (χ4n) is 2.06. The zero-order valence-corrected chi connectivity index (χ0v) is 12.6. The summed E-state index contributed by atoms with van der Waals surface area (Å²) in [6.07, 6.45) is 0.159. The number of hydrogen-bond acceptors (Lipinski definition) is 5. The number of rotatable bonds is 6. The molecule has 0 unspecified atom stereocenters. The lowest BCUT2D eigenvalue weighted by Crippen LogP contribution is -2.47. The molecule has 3 N–H and O–H groups in total. The van der Waals surface area contributed by atoms with E-state index in [-0.39, 0.29) is 6.42 Å². The number of pyridine rings is 1. The number of aromatic nitrogens is 1. The minimum absolute atomic E-state index is 0.159. The van der Waals surface area contributed by atoms with Crippen molar-refractivity contribution in [1.82, 2.24) is 10.3 Å². The van der Waals surface area contributed by atoms with Crippen LogP contribution in [0.15, 0.2) is 36.4 Å². The number of nitrogens with two attached hydrogens (primary N) is 1. The van der Waals surface area contributed by atoms with Gasteiger partial charge < -0.3 is 15.8 Å². The number of hydrogen-bond donors (Lipinski definition) is 2. The molecule has 0 spiro atoms. The summed E-state index contributed by atoms with van der Waals surface area (Å²) >= 11 is 0. The summed E-state index contributed by atoms with van der Waals surface area (Å²) in [5, 5.41) is 3.42. The van der Waals surface area contributed by atoms with Gasteiger partial charge in [0.05, 0.1) is 5.52 Å². The van der Waals surface area contributed by atoms with Crippen LogP contribution in [0.4, 0.5) is 0 Å². The van der Waals surface area contributed by atoms with Crippen LogP contribution in [-0.4, -0.2) is 35.4 Å². The first-order chi connectivity index (χ1) is 11.0. The molecule has 0 radical (unpaired) electrons. The highest BCUT2D eigenvalue weighted by molar-refractivity contribution is 5.88. The van der Waals surface area contributed by atoms with Crippen LogP contribution in [0, 0.1) is 0 Å². The van der Waals surface area contributed by atoms with Gasteiger partial charge in [-0.2, -0.15) is 0 Å². The molecule has 0 saturated carbocycles. The second-order valence-electron chi connectivity index (χ2n) is 5.00. The minimum Gasteiger partial charge on any atom is -0.456 e. The van der Waals surface area contributed by atoms with Gasteiger partial charge in [-0.05, 0) is 12.1 Å². The Labute approximate surface area is 132 Å². The number of fused-ring (bicyclic) bond motifs is 1. The van der Waals surface area contributed by atoms with Crippen molar-refractivity contribution >= 4 is 28.7 Å². The Kier molecular flexibility index (Phi) is 5.24. The molecule has 0 fully saturated rings. The van der Waals surface area contributed by atoms with Gasteiger partial charge >= 0.3 is 5.97 Å². The first-order valence-corrected chi connectivity index (χ1v) is 7.02. The minimum atomic E-state index is -0.924. The number of nitrogens with one attached hydrogen (secondary N) is 1. The van der Waals surface area contributed by atoms with E-state index in [1.165, 1.54) is 6.92 Å². The standard InChI is InChI=1S/C16H17N3O4/c1-10(20)23-9-15(21)19-14(16(17)22)8-12-7-6-11-4-2-3-5-13(11)18-12/h2-7,14H,8-9H2,1H3,(H2,17,22)(H,19,21)/t14-/m1/s1. The van der Waals surface area contributed by atoms with Crippen LogP contribution in [-0.2, 0) is 25.5 Å². The third kappa shape index (κ3) is 4.77. The number of esters is 1. The zero-order valence-electron chi connectivity index (χ0n) is 12.6. The summed E-state index contributed by atoms with van der Waals surface area (Å²) in [7, 11) is 0. The quantitative estimate of drug-likeness (QED) is 0.745. The van der Waals surface area contributed by atoms with E-state index in [0.29, 0.717) is 5.69 Å². The summed E-state index contributed by atoms with van der Waals surface area (Å²) in [6, 6.07) is 10.3. The van der Waals surface area contributed by atoms with Crippen LogP contribution < -0.4 is 11.1 Å². The summed E-state index contributed by atoms with van der Waals surface area (Å²) in [4.78, 5) is 38.3. The molecule has 0 aliphatic heterocycles. The maximum absolute atomic E-state index is 11.6. The predicted molar refractivity (Wildman–Crippen MR) is 83.2 cm³/mol. The van der Waals surface area contributed by atoms with Crippen molar-refractivity contribution in [2.45, 2.75) is 19.4 Å².